The standard InChI is InChI=1S/C6H11NO3/c1-4(7)5(2-3-8)6(9)10/h5,7-8H,2-3H2,1H3,(H,9,10). The van der Waals surface area contributed by atoms with Gasteiger partial charge in [-0.3, -0.25) is 4.79 Å². The van der Waals surface area contributed by atoms with Gasteiger partial charge in [0, 0.05) is 12.3 Å². The van der Waals surface area contributed by atoms with E-state index in [2.05, 4.69) is 0 Å². The molecule has 0 radical (unpaired) electrons. The molecule has 4 nitrogen and oxygen atoms in total. The number of carboxylic acids is 1. The molecule has 1 unspecified atom stereocenters. The van der Waals surface area contributed by atoms with Crippen LogP contribution in [0.3, 0.4) is 0 Å². The molecule has 0 saturated carbocycles. The van der Waals surface area contributed by atoms with Crippen LogP contribution in [0.4, 0.5) is 0 Å². The summed E-state index contributed by atoms with van der Waals surface area (Å²) in [5.41, 5.74) is 0.0848. The van der Waals surface area contributed by atoms with E-state index in [-0.39, 0.29) is 18.7 Å². The van der Waals surface area contributed by atoms with Crippen LogP contribution in [0.1, 0.15) is 13.3 Å². The van der Waals surface area contributed by atoms with E-state index in [1.165, 1.54) is 6.92 Å². The zero-order valence-corrected chi connectivity index (χ0v) is 5.79. The molecule has 0 aliphatic heterocycles. The van der Waals surface area contributed by atoms with E-state index >= 15 is 0 Å². The number of aliphatic hydroxyl groups is 1. The maximum absolute atomic E-state index is 10.3. The lowest BCUT2D eigenvalue weighted by Crippen LogP contribution is -2.21. The van der Waals surface area contributed by atoms with Crippen LogP contribution in [0.15, 0.2) is 0 Å². The van der Waals surface area contributed by atoms with Gasteiger partial charge in [-0.1, -0.05) is 0 Å². The fourth-order valence-corrected chi connectivity index (χ4v) is 0.654. The first-order valence-electron chi connectivity index (χ1n) is 2.98. The van der Waals surface area contributed by atoms with E-state index < -0.39 is 11.9 Å². The number of hydrogen-bond donors (Lipinski definition) is 3. The first-order valence-corrected chi connectivity index (χ1v) is 2.98. The highest BCUT2D eigenvalue weighted by Gasteiger charge is 2.18. The molecule has 0 heterocycles. The molecule has 1 atom stereocenters. The minimum atomic E-state index is -1.04. The summed E-state index contributed by atoms with van der Waals surface area (Å²) in [4.78, 5) is 10.3. The molecule has 10 heavy (non-hydrogen) atoms. The number of carboxylic acid groups (broad SMARTS) is 1. The first-order chi connectivity index (χ1) is 4.59. The molecule has 3 N–H and O–H groups in total. The smallest absolute Gasteiger partial charge is 0.312 e. The summed E-state index contributed by atoms with van der Waals surface area (Å²) in [7, 11) is 0. The molecule has 0 aromatic heterocycles. The van der Waals surface area contributed by atoms with Gasteiger partial charge in [0.15, 0.2) is 0 Å². The normalized spacial score (nSPS) is 12.6. The van der Waals surface area contributed by atoms with Crippen molar-refractivity contribution >= 4 is 11.7 Å². The summed E-state index contributed by atoms with van der Waals surface area (Å²) in [6.45, 7) is 1.24. The van der Waals surface area contributed by atoms with Gasteiger partial charge in [-0.15, -0.1) is 0 Å². The lowest BCUT2D eigenvalue weighted by Gasteiger charge is -2.06. The Balaban J connectivity index is 3.98. The summed E-state index contributed by atoms with van der Waals surface area (Å²) < 4.78 is 0. The Morgan fingerprint density at radius 2 is 2.20 bits per heavy atom. The molecule has 58 valence electrons. The van der Waals surface area contributed by atoms with Crippen molar-refractivity contribution in [3.8, 4) is 0 Å². The van der Waals surface area contributed by atoms with Gasteiger partial charge in [0.05, 0.1) is 5.92 Å². The van der Waals surface area contributed by atoms with Crippen LogP contribution >= 0.6 is 0 Å². The van der Waals surface area contributed by atoms with Crippen LogP contribution in [-0.4, -0.2) is 28.5 Å². The highest BCUT2D eigenvalue weighted by Crippen LogP contribution is 2.03. The molecule has 0 aromatic rings. The largest absolute Gasteiger partial charge is 0.481 e. The summed E-state index contributed by atoms with van der Waals surface area (Å²) >= 11 is 0. The number of rotatable bonds is 4. The van der Waals surface area contributed by atoms with Crippen molar-refractivity contribution in [1.29, 1.82) is 5.41 Å². The fourth-order valence-electron chi connectivity index (χ4n) is 0.654. The van der Waals surface area contributed by atoms with Crippen molar-refractivity contribution in [1.82, 2.24) is 0 Å². The topological polar surface area (TPSA) is 81.4 Å². The SMILES string of the molecule is CC(=N)C(CCO)C(=O)O. The van der Waals surface area contributed by atoms with Crippen molar-refractivity contribution < 1.29 is 15.0 Å². The zero-order chi connectivity index (χ0) is 8.15. The number of nitrogens with one attached hydrogen (secondary N) is 1. The number of aliphatic hydroxyl groups excluding tert-OH is 1. The quantitative estimate of drug-likeness (QED) is 0.491. The molecule has 0 spiro atoms. The van der Waals surface area contributed by atoms with Gasteiger partial charge in [-0.25, -0.2) is 0 Å². The van der Waals surface area contributed by atoms with Crippen LogP contribution in [0.25, 0.3) is 0 Å². The molecule has 0 amide bonds. The maximum Gasteiger partial charge on any atom is 0.312 e. The lowest BCUT2D eigenvalue weighted by atomic mass is 10.0. The van der Waals surface area contributed by atoms with E-state index in [0.717, 1.165) is 0 Å². The molecular weight excluding hydrogens is 134 g/mol. The monoisotopic (exact) mass is 145 g/mol. The molecule has 0 saturated heterocycles. The summed E-state index contributed by atoms with van der Waals surface area (Å²) in [6.07, 6.45) is 0.130. The van der Waals surface area contributed by atoms with Gasteiger partial charge in [-0.2, -0.15) is 0 Å². The van der Waals surface area contributed by atoms with Crippen molar-refractivity contribution in [2.45, 2.75) is 13.3 Å². The highest BCUT2D eigenvalue weighted by molar-refractivity contribution is 5.98. The molecule has 0 fully saturated rings. The molecule has 0 rings (SSSR count). The van der Waals surface area contributed by atoms with Crippen LogP contribution in [0.2, 0.25) is 0 Å². The molecule has 0 aliphatic carbocycles. The second kappa shape index (κ2) is 4.00. The third kappa shape index (κ3) is 2.59. The number of aliphatic carboxylic acids is 1. The van der Waals surface area contributed by atoms with Crippen molar-refractivity contribution in [3.63, 3.8) is 0 Å². The maximum atomic E-state index is 10.3. The van der Waals surface area contributed by atoms with Gasteiger partial charge >= 0.3 is 5.97 Å². The average molecular weight is 145 g/mol. The van der Waals surface area contributed by atoms with Crippen molar-refractivity contribution in [2.24, 2.45) is 5.92 Å². The summed E-state index contributed by atoms with van der Waals surface area (Å²) in [5, 5.41) is 23.8. The minimum absolute atomic E-state index is 0.0848. The van der Waals surface area contributed by atoms with Crippen LogP contribution < -0.4 is 0 Å². The number of carbonyl (C=O) groups is 1. The Morgan fingerprint density at radius 3 is 2.30 bits per heavy atom. The summed E-state index contributed by atoms with van der Waals surface area (Å²) in [6, 6.07) is 0. The predicted molar refractivity (Wildman–Crippen MR) is 36.2 cm³/mol. The van der Waals surface area contributed by atoms with E-state index in [9.17, 15) is 4.79 Å². The lowest BCUT2D eigenvalue weighted by molar-refractivity contribution is -0.139. The van der Waals surface area contributed by atoms with E-state index in [1.54, 1.807) is 0 Å². The van der Waals surface area contributed by atoms with E-state index in [1.807, 2.05) is 0 Å². The minimum Gasteiger partial charge on any atom is -0.481 e. The van der Waals surface area contributed by atoms with Crippen LogP contribution in [0, 0.1) is 11.3 Å². The molecule has 4 heteroatoms. The van der Waals surface area contributed by atoms with E-state index in [4.69, 9.17) is 15.6 Å². The Hall–Kier alpha value is -0.900. The molecule has 0 bridgehead atoms. The van der Waals surface area contributed by atoms with Gasteiger partial charge in [-0.05, 0) is 13.3 Å². The molecular formula is C6H11NO3. The number of hydrogen-bond acceptors (Lipinski definition) is 3. The average Bonchev–Trinajstić information content (AvgIpc) is 1.81. The fraction of sp³-hybridized carbons (Fsp3) is 0.667. The van der Waals surface area contributed by atoms with E-state index in [0.29, 0.717) is 0 Å². The molecule has 0 aromatic carbocycles. The highest BCUT2D eigenvalue weighted by atomic mass is 16.4. The van der Waals surface area contributed by atoms with Gasteiger partial charge in [0.2, 0.25) is 0 Å². The summed E-state index contributed by atoms with van der Waals surface area (Å²) in [5.74, 6) is -1.86. The van der Waals surface area contributed by atoms with Gasteiger partial charge < -0.3 is 15.6 Å². The Kier molecular flexibility index (Phi) is 3.64. The third-order valence-electron chi connectivity index (χ3n) is 1.24. The molecule has 0 aliphatic rings. The Morgan fingerprint density at radius 1 is 1.70 bits per heavy atom. The Labute approximate surface area is 59.0 Å². The second-order valence-electron chi connectivity index (χ2n) is 2.09. The van der Waals surface area contributed by atoms with Crippen LogP contribution in [-0.2, 0) is 4.79 Å². The van der Waals surface area contributed by atoms with Gasteiger partial charge in [0.25, 0.3) is 0 Å². The third-order valence-corrected chi connectivity index (χ3v) is 1.24. The van der Waals surface area contributed by atoms with Gasteiger partial charge in [0.1, 0.15) is 0 Å². The first kappa shape index (κ1) is 9.10. The second-order valence-corrected chi connectivity index (χ2v) is 2.09. The zero-order valence-electron chi connectivity index (χ0n) is 5.79. The van der Waals surface area contributed by atoms with Crippen molar-refractivity contribution in [2.75, 3.05) is 6.61 Å². The van der Waals surface area contributed by atoms with Crippen LogP contribution in [0.5, 0.6) is 0 Å². The van der Waals surface area contributed by atoms with Crippen molar-refractivity contribution in [3.05, 3.63) is 0 Å². The Bertz CT molecular complexity index is 130. The predicted octanol–water partition coefficient (Wildman–Crippen LogP) is 0.109.